The molecule has 110 valence electrons. The quantitative estimate of drug-likeness (QED) is 0.567. The van der Waals surface area contributed by atoms with Crippen molar-refractivity contribution in [2.45, 2.75) is 38.5 Å². The lowest BCUT2D eigenvalue weighted by Crippen LogP contribution is -2.21. The van der Waals surface area contributed by atoms with E-state index in [1.54, 1.807) is 6.08 Å². The second-order valence-electron chi connectivity index (χ2n) is 5.47. The molecule has 1 heterocycles. The molecule has 4 nitrogen and oxygen atoms in total. The Morgan fingerprint density at radius 3 is 2.95 bits per heavy atom. The first-order chi connectivity index (χ1) is 9.70. The highest BCUT2D eigenvalue weighted by Crippen LogP contribution is 2.47. The molecule has 2 rings (SSSR count). The van der Waals surface area contributed by atoms with Crippen LogP contribution in [0.5, 0.6) is 0 Å². The minimum Gasteiger partial charge on any atom is -0.461 e. The summed E-state index contributed by atoms with van der Waals surface area (Å²) in [7, 11) is 0. The van der Waals surface area contributed by atoms with Crippen LogP contribution in [-0.4, -0.2) is 24.2 Å². The van der Waals surface area contributed by atoms with Gasteiger partial charge in [0.2, 0.25) is 5.91 Å². The van der Waals surface area contributed by atoms with Crippen LogP contribution >= 0.6 is 0 Å². The van der Waals surface area contributed by atoms with Crippen LogP contribution in [0.3, 0.4) is 0 Å². The summed E-state index contributed by atoms with van der Waals surface area (Å²) in [5, 5.41) is 11.4. The largest absolute Gasteiger partial charge is 0.461 e. The molecule has 0 bridgehead atoms. The number of nitrogens with one attached hydrogen (secondary N) is 1. The third-order valence-electron chi connectivity index (χ3n) is 3.66. The van der Waals surface area contributed by atoms with Gasteiger partial charge in [-0.2, -0.15) is 0 Å². The number of unbranched alkanes of at least 4 members (excludes halogenated alkanes) is 2. The molecule has 1 saturated carbocycles. The van der Waals surface area contributed by atoms with E-state index in [1.165, 1.54) is 12.5 Å². The first-order valence-electron chi connectivity index (χ1n) is 7.37. The van der Waals surface area contributed by atoms with Crippen LogP contribution in [0.4, 0.5) is 0 Å². The summed E-state index contributed by atoms with van der Waals surface area (Å²) in [5.74, 6) is 2.94. The molecule has 0 spiro atoms. The van der Waals surface area contributed by atoms with E-state index in [0.717, 1.165) is 36.7 Å². The summed E-state index contributed by atoms with van der Waals surface area (Å²) in [6.07, 6.45) is 7.03. The average molecular weight is 277 g/mol. The highest BCUT2D eigenvalue weighted by molar-refractivity contribution is 5.91. The number of hydrogen-bond acceptors (Lipinski definition) is 3. The van der Waals surface area contributed by atoms with Crippen molar-refractivity contribution in [3.63, 3.8) is 0 Å². The van der Waals surface area contributed by atoms with E-state index in [1.807, 2.05) is 12.1 Å². The molecule has 2 N–H and O–H groups in total. The SMILES string of the molecule is CC1CC1c1ccc(/C=C/C(=O)NCCCCCO)o1. The van der Waals surface area contributed by atoms with E-state index < -0.39 is 0 Å². The first-order valence-corrected chi connectivity index (χ1v) is 7.37. The Morgan fingerprint density at radius 2 is 2.25 bits per heavy atom. The van der Waals surface area contributed by atoms with Gasteiger partial charge in [-0.05, 0) is 49.8 Å². The van der Waals surface area contributed by atoms with Crippen LogP contribution in [0.1, 0.15) is 50.0 Å². The summed E-state index contributed by atoms with van der Waals surface area (Å²) in [6.45, 7) is 3.08. The Balaban J connectivity index is 1.69. The summed E-state index contributed by atoms with van der Waals surface area (Å²) in [5.41, 5.74) is 0. The van der Waals surface area contributed by atoms with Gasteiger partial charge in [0.05, 0.1) is 0 Å². The Morgan fingerprint density at radius 1 is 1.45 bits per heavy atom. The molecule has 4 heteroatoms. The maximum Gasteiger partial charge on any atom is 0.244 e. The number of aliphatic hydroxyl groups excluding tert-OH is 1. The highest BCUT2D eigenvalue weighted by Gasteiger charge is 2.36. The molecule has 0 aliphatic heterocycles. The molecule has 0 aromatic carbocycles. The van der Waals surface area contributed by atoms with Crippen molar-refractivity contribution in [1.82, 2.24) is 5.32 Å². The zero-order valence-electron chi connectivity index (χ0n) is 12.0. The second-order valence-corrected chi connectivity index (χ2v) is 5.47. The number of aliphatic hydroxyl groups is 1. The summed E-state index contributed by atoms with van der Waals surface area (Å²) in [6, 6.07) is 3.91. The molecule has 1 aliphatic rings. The van der Waals surface area contributed by atoms with Crippen molar-refractivity contribution in [2.24, 2.45) is 5.92 Å². The average Bonchev–Trinajstić information content (AvgIpc) is 2.99. The monoisotopic (exact) mass is 277 g/mol. The lowest BCUT2D eigenvalue weighted by Gasteiger charge is -2.00. The van der Waals surface area contributed by atoms with Crippen molar-refractivity contribution in [2.75, 3.05) is 13.2 Å². The topological polar surface area (TPSA) is 62.5 Å². The van der Waals surface area contributed by atoms with E-state index in [2.05, 4.69) is 12.2 Å². The van der Waals surface area contributed by atoms with Gasteiger partial charge in [-0.1, -0.05) is 6.92 Å². The van der Waals surface area contributed by atoms with Crippen LogP contribution in [0, 0.1) is 5.92 Å². The minimum atomic E-state index is -0.105. The number of carbonyl (C=O) groups excluding carboxylic acids is 1. The fourth-order valence-corrected chi connectivity index (χ4v) is 2.22. The Bertz CT molecular complexity index is 464. The fraction of sp³-hybridized carbons (Fsp3) is 0.562. The fourth-order valence-electron chi connectivity index (χ4n) is 2.22. The van der Waals surface area contributed by atoms with Crippen molar-refractivity contribution >= 4 is 12.0 Å². The number of hydrogen-bond donors (Lipinski definition) is 2. The van der Waals surface area contributed by atoms with Crippen LogP contribution in [0.15, 0.2) is 22.6 Å². The Hall–Kier alpha value is -1.55. The number of amides is 1. The summed E-state index contributed by atoms with van der Waals surface area (Å²) >= 11 is 0. The van der Waals surface area contributed by atoms with Crippen molar-refractivity contribution in [3.05, 3.63) is 29.7 Å². The first kappa shape index (κ1) is 14.9. The molecular formula is C16H23NO3. The smallest absolute Gasteiger partial charge is 0.244 e. The van der Waals surface area contributed by atoms with Gasteiger partial charge in [-0.25, -0.2) is 0 Å². The number of rotatable bonds is 8. The second kappa shape index (κ2) is 7.29. The summed E-state index contributed by atoms with van der Waals surface area (Å²) < 4.78 is 5.69. The standard InChI is InChI=1S/C16H23NO3/c1-12-11-14(12)15-7-5-13(20-15)6-8-16(19)17-9-3-2-4-10-18/h5-8,12,14,18H,2-4,9-11H2,1H3,(H,17,19)/b8-6+. The van der Waals surface area contributed by atoms with E-state index in [0.29, 0.717) is 12.5 Å². The van der Waals surface area contributed by atoms with Crippen molar-refractivity contribution in [1.29, 1.82) is 0 Å². The Labute approximate surface area is 119 Å². The lowest BCUT2D eigenvalue weighted by molar-refractivity contribution is -0.116. The zero-order chi connectivity index (χ0) is 14.4. The van der Waals surface area contributed by atoms with Gasteiger partial charge in [0.1, 0.15) is 11.5 Å². The third-order valence-corrected chi connectivity index (χ3v) is 3.66. The van der Waals surface area contributed by atoms with Gasteiger partial charge in [0.25, 0.3) is 0 Å². The molecule has 0 radical (unpaired) electrons. The molecule has 1 fully saturated rings. The van der Waals surface area contributed by atoms with E-state index in [-0.39, 0.29) is 12.5 Å². The van der Waals surface area contributed by atoms with Crippen LogP contribution < -0.4 is 5.32 Å². The molecule has 1 aromatic rings. The zero-order valence-corrected chi connectivity index (χ0v) is 12.0. The van der Waals surface area contributed by atoms with E-state index >= 15 is 0 Å². The van der Waals surface area contributed by atoms with Gasteiger partial charge in [0, 0.05) is 25.1 Å². The molecule has 2 atom stereocenters. The van der Waals surface area contributed by atoms with Gasteiger partial charge in [-0.15, -0.1) is 0 Å². The lowest BCUT2D eigenvalue weighted by atomic mass is 10.2. The normalized spacial score (nSPS) is 21.3. The van der Waals surface area contributed by atoms with Crippen molar-refractivity contribution in [3.8, 4) is 0 Å². The molecule has 1 amide bonds. The number of carbonyl (C=O) groups is 1. The van der Waals surface area contributed by atoms with Gasteiger partial charge in [-0.3, -0.25) is 4.79 Å². The van der Waals surface area contributed by atoms with Crippen LogP contribution in [0.2, 0.25) is 0 Å². The maximum absolute atomic E-state index is 11.6. The molecule has 0 saturated heterocycles. The van der Waals surface area contributed by atoms with Gasteiger partial charge in [0.15, 0.2) is 0 Å². The summed E-state index contributed by atoms with van der Waals surface area (Å²) in [4.78, 5) is 11.6. The molecule has 20 heavy (non-hydrogen) atoms. The number of furan rings is 1. The van der Waals surface area contributed by atoms with Gasteiger partial charge >= 0.3 is 0 Å². The predicted molar refractivity (Wildman–Crippen MR) is 78.2 cm³/mol. The Kier molecular flexibility index (Phi) is 5.41. The van der Waals surface area contributed by atoms with E-state index in [9.17, 15) is 4.79 Å². The molecule has 1 aromatic heterocycles. The van der Waals surface area contributed by atoms with Crippen LogP contribution in [0.25, 0.3) is 6.08 Å². The predicted octanol–water partition coefficient (Wildman–Crippen LogP) is 2.70. The third kappa shape index (κ3) is 4.53. The minimum absolute atomic E-state index is 0.105. The van der Waals surface area contributed by atoms with E-state index in [4.69, 9.17) is 9.52 Å². The molecule has 2 unspecified atom stereocenters. The van der Waals surface area contributed by atoms with Crippen LogP contribution in [-0.2, 0) is 4.79 Å². The highest BCUT2D eigenvalue weighted by atomic mass is 16.3. The molecule has 1 aliphatic carbocycles. The maximum atomic E-state index is 11.6. The molecular weight excluding hydrogens is 254 g/mol. The van der Waals surface area contributed by atoms with Crippen molar-refractivity contribution < 1.29 is 14.3 Å². The van der Waals surface area contributed by atoms with Gasteiger partial charge < -0.3 is 14.8 Å².